The van der Waals surface area contributed by atoms with E-state index in [2.05, 4.69) is 5.10 Å². The van der Waals surface area contributed by atoms with Gasteiger partial charge < -0.3 is 4.42 Å². The molecular weight excluding hydrogens is 216 g/mol. The zero-order valence-electron chi connectivity index (χ0n) is 9.25. The Balaban J connectivity index is 2.06. The van der Waals surface area contributed by atoms with Gasteiger partial charge in [0.2, 0.25) is 5.78 Å². The molecule has 0 aliphatic carbocycles. The summed E-state index contributed by atoms with van der Waals surface area (Å²) in [5, 5.41) is 4.90. The minimum atomic E-state index is -0.144. The van der Waals surface area contributed by atoms with Gasteiger partial charge in [-0.15, -0.1) is 0 Å². The van der Waals surface area contributed by atoms with Gasteiger partial charge >= 0.3 is 0 Å². The van der Waals surface area contributed by atoms with Crippen molar-refractivity contribution in [3.8, 4) is 0 Å². The highest BCUT2D eigenvalue weighted by atomic mass is 16.3. The molecule has 17 heavy (non-hydrogen) atoms. The van der Waals surface area contributed by atoms with Crippen LogP contribution in [0.3, 0.4) is 0 Å². The third-order valence-electron chi connectivity index (χ3n) is 2.62. The summed E-state index contributed by atoms with van der Waals surface area (Å²) in [4.78, 5) is 12.1. The van der Waals surface area contributed by atoms with Gasteiger partial charge in [-0.25, -0.2) is 0 Å². The van der Waals surface area contributed by atoms with Crippen molar-refractivity contribution in [2.75, 3.05) is 0 Å². The SMILES string of the molecule is Cn1cc(C(=O)c2cc3ccccc3o2)cn1. The molecule has 3 aromatic rings. The lowest BCUT2D eigenvalue weighted by Gasteiger charge is -1.90. The maximum atomic E-state index is 12.1. The number of ketones is 1. The predicted molar refractivity (Wildman–Crippen MR) is 62.9 cm³/mol. The molecule has 0 bridgehead atoms. The van der Waals surface area contributed by atoms with E-state index in [0.29, 0.717) is 11.3 Å². The molecule has 4 heteroatoms. The van der Waals surface area contributed by atoms with Crippen LogP contribution < -0.4 is 0 Å². The van der Waals surface area contributed by atoms with Crippen LogP contribution in [-0.4, -0.2) is 15.6 Å². The van der Waals surface area contributed by atoms with Crippen LogP contribution in [0.4, 0.5) is 0 Å². The lowest BCUT2D eigenvalue weighted by Crippen LogP contribution is -1.97. The summed E-state index contributed by atoms with van der Waals surface area (Å²) in [6.45, 7) is 0. The average Bonchev–Trinajstić information content (AvgIpc) is 2.93. The standard InChI is InChI=1S/C13H10N2O2/c1-15-8-10(7-14-15)13(16)12-6-9-4-2-3-5-11(9)17-12/h2-8H,1H3. The first-order valence-electron chi connectivity index (χ1n) is 5.26. The minimum absolute atomic E-state index is 0.144. The Bertz CT molecular complexity index is 661. The molecule has 0 spiro atoms. The number of carbonyl (C=O) groups excluding carboxylic acids is 1. The fourth-order valence-electron chi connectivity index (χ4n) is 1.77. The van der Waals surface area contributed by atoms with Crippen LogP contribution in [0, 0.1) is 0 Å². The van der Waals surface area contributed by atoms with Crippen LogP contribution in [0.15, 0.2) is 47.1 Å². The molecule has 2 heterocycles. The number of benzene rings is 1. The van der Waals surface area contributed by atoms with Crippen LogP contribution in [0.1, 0.15) is 16.1 Å². The number of nitrogens with zero attached hydrogens (tertiary/aromatic N) is 2. The van der Waals surface area contributed by atoms with E-state index in [1.807, 2.05) is 24.3 Å². The number of para-hydroxylation sites is 1. The first-order chi connectivity index (χ1) is 8.24. The van der Waals surface area contributed by atoms with Crippen molar-refractivity contribution in [1.29, 1.82) is 0 Å². The molecule has 4 nitrogen and oxygen atoms in total. The summed E-state index contributed by atoms with van der Waals surface area (Å²) in [6, 6.07) is 9.30. The lowest BCUT2D eigenvalue weighted by atomic mass is 10.2. The van der Waals surface area contributed by atoms with Crippen LogP contribution in [0.2, 0.25) is 0 Å². The van der Waals surface area contributed by atoms with E-state index < -0.39 is 0 Å². The zero-order chi connectivity index (χ0) is 11.8. The summed E-state index contributed by atoms with van der Waals surface area (Å²) in [5.41, 5.74) is 1.26. The van der Waals surface area contributed by atoms with E-state index in [4.69, 9.17) is 4.42 Å². The highest BCUT2D eigenvalue weighted by molar-refractivity contribution is 6.08. The van der Waals surface area contributed by atoms with Crippen LogP contribution in [-0.2, 0) is 7.05 Å². The quantitative estimate of drug-likeness (QED) is 0.630. The number of hydrogen-bond acceptors (Lipinski definition) is 3. The molecule has 0 unspecified atom stereocenters. The average molecular weight is 226 g/mol. The van der Waals surface area contributed by atoms with Crippen LogP contribution >= 0.6 is 0 Å². The monoisotopic (exact) mass is 226 g/mol. The van der Waals surface area contributed by atoms with Crippen molar-refractivity contribution in [1.82, 2.24) is 9.78 Å². The van der Waals surface area contributed by atoms with Gasteiger partial charge in [0.1, 0.15) is 5.58 Å². The molecule has 2 aromatic heterocycles. The predicted octanol–water partition coefficient (Wildman–Crippen LogP) is 2.40. The summed E-state index contributed by atoms with van der Waals surface area (Å²) < 4.78 is 7.10. The van der Waals surface area contributed by atoms with Gasteiger partial charge in [0, 0.05) is 18.6 Å². The molecule has 0 amide bonds. The van der Waals surface area contributed by atoms with E-state index in [1.165, 1.54) is 6.20 Å². The van der Waals surface area contributed by atoms with Gasteiger partial charge in [-0.1, -0.05) is 18.2 Å². The third kappa shape index (κ3) is 1.63. The van der Waals surface area contributed by atoms with E-state index in [1.54, 1.807) is 24.0 Å². The van der Waals surface area contributed by atoms with Gasteiger partial charge in [-0.3, -0.25) is 9.48 Å². The Kier molecular flexibility index (Phi) is 2.08. The largest absolute Gasteiger partial charge is 0.453 e. The minimum Gasteiger partial charge on any atom is -0.453 e. The van der Waals surface area contributed by atoms with Crippen molar-refractivity contribution in [3.05, 3.63) is 54.0 Å². The zero-order valence-corrected chi connectivity index (χ0v) is 9.25. The van der Waals surface area contributed by atoms with Crippen LogP contribution in [0.5, 0.6) is 0 Å². The van der Waals surface area contributed by atoms with Gasteiger partial charge in [0.05, 0.1) is 11.8 Å². The molecule has 0 aliphatic rings. The van der Waals surface area contributed by atoms with Crippen molar-refractivity contribution >= 4 is 16.8 Å². The Hall–Kier alpha value is -2.36. The maximum absolute atomic E-state index is 12.1. The highest BCUT2D eigenvalue weighted by Gasteiger charge is 2.15. The lowest BCUT2D eigenvalue weighted by molar-refractivity contribution is 0.101. The van der Waals surface area contributed by atoms with E-state index >= 15 is 0 Å². The summed E-state index contributed by atoms with van der Waals surface area (Å²) in [6.07, 6.45) is 3.21. The Morgan fingerprint density at radius 3 is 2.88 bits per heavy atom. The first-order valence-corrected chi connectivity index (χ1v) is 5.26. The normalized spacial score (nSPS) is 10.9. The smallest absolute Gasteiger partial charge is 0.231 e. The number of carbonyl (C=O) groups is 1. The number of furan rings is 1. The fourth-order valence-corrected chi connectivity index (χ4v) is 1.77. The molecule has 0 saturated heterocycles. The first kappa shape index (κ1) is 9.84. The second kappa shape index (κ2) is 3.59. The fraction of sp³-hybridized carbons (Fsp3) is 0.0769. The molecule has 1 aromatic carbocycles. The molecule has 3 rings (SSSR count). The topological polar surface area (TPSA) is 48.0 Å². The Morgan fingerprint density at radius 1 is 1.35 bits per heavy atom. The molecule has 0 fully saturated rings. The van der Waals surface area contributed by atoms with E-state index in [9.17, 15) is 4.79 Å². The number of fused-ring (bicyclic) bond motifs is 1. The van der Waals surface area contributed by atoms with E-state index in [0.717, 1.165) is 11.0 Å². The molecular formula is C13H10N2O2. The summed E-state index contributed by atoms with van der Waals surface area (Å²) in [5.74, 6) is 0.202. The molecule has 0 saturated carbocycles. The second-order valence-electron chi connectivity index (χ2n) is 3.88. The molecule has 0 radical (unpaired) electrons. The molecule has 0 atom stereocenters. The van der Waals surface area contributed by atoms with Crippen LogP contribution in [0.25, 0.3) is 11.0 Å². The summed E-state index contributed by atoms with van der Waals surface area (Å²) in [7, 11) is 1.77. The number of aryl methyl sites for hydroxylation is 1. The molecule has 0 N–H and O–H groups in total. The number of rotatable bonds is 2. The van der Waals surface area contributed by atoms with Gasteiger partial charge in [-0.05, 0) is 12.1 Å². The van der Waals surface area contributed by atoms with Gasteiger partial charge in [0.25, 0.3) is 0 Å². The Labute approximate surface area is 97.5 Å². The maximum Gasteiger partial charge on any atom is 0.231 e. The summed E-state index contributed by atoms with van der Waals surface area (Å²) >= 11 is 0. The third-order valence-corrected chi connectivity index (χ3v) is 2.62. The number of aromatic nitrogens is 2. The van der Waals surface area contributed by atoms with Crippen molar-refractivity contribution in [3.63, 3.8) is 0 Å². The van der Waals surface area contributed by atoms with Crippen molar-refractivity contribution in [2.24, 2.45) is 7.05 Å². The van der Waals surface area contributed by atoms with E-state index in [-0.39, 0.29) is 5.78 Å². The second-order valence-corrected chi connectivity index (χ2v) is 3.88. The highest BCUT2D eigenvalue weighted by Crippen LogP contribution is 2.20. The Morgan fingerprint density at radius 2 is 2.18 bits per heavy atom. The van der Waals surface area contributed by atoms with Gasteiger partial charge in [0.15, 0.2) is 5.76 Å². The molecule has 84 valence electrons. The molecule has 0 aliphatic heterocycles. The van der Waals surface area contributed by atoms with Gasteiger partial charge in [-0.2, -0.15) is 5.10 Å². The number of hydrogen-bond donors (Lipinski definition) is 0. The van der Waals surface area contributed by atoms with Crippen molar-refractivity contribution < 1.29 is 9.21 Å². The van der Waals surface area contributed by atoms with Crippen molar-refractivity contribution in [2.45, 2.75) is 0 Å².